The summed E-state index contributed by atoms with van der Waals surface area (Å²) in [5.41, 5.74) is 1.33. The van der Waals surface area contributed by atoms with Crippen molar-refractivity contribution in [2.45, 2.75) is 6.54 Å². The van der Waals surface area contributed by atoms with Crippen LogP contribution in [-0.2, 0) is 6.54 Å². The van der Waals surface area contributed by atoms with Crippen LogP contribution in [0.25, 0.3) is 0 Å². The summed E-state index contributed by atoms with van der Waals surface area (Å²) in [6.07, 6.45) is 0. The molecule has 0 unspecified atom stereocenters. The molecule has 1 aliphatic rings. The monoisotopic (exact) mass is 355 g/mol. The molecule has 3 rings (SSSR count). The Morgan fingerprint density at radius 2 is 1.59 bits per heavy atom. The molecule has 22 heavy (non-hydrogen) atoms. The largest absolute Gasteiger partial charge is 0.353 e. The van der Waals surface area contributed by atoms with Gasteiger partial charge in [0.05, 0.1) is 10.0 Å². The van der Waals surface area contributed by atoms with Crippen LogP contribution in [0.2, 0.25) is 15.2 Å². The Hall–Kier alpha value is -1.00. The van der Waals surface area contributed by atoms with Crippen molar-refractivity contribution in [3.63, 3.8) is 0 Å². The second-order valence-electron chi connectivity index (χ2n) is 5.32. The van der Waals surface area contributed by atoms with Crippen molar-refractivity contribution in [1.29, 1.82) is 0 Å². The van der Waals surface area contributed by atoms with E-state index >= 15 is 0 Å². The molecule has 0 amide bonds. The Morgan fingerprint density at radius 1 is 0.909 bits per heavy atom. The zero-order valence-electron chi connectivity index (χ0n) is 12.0. The third kappa shape index (κ3) is 3.66. The van der Waals surface area contributed by atoms with Gasteiger partial charge in [-0.3, -0.25) is 4.90 Å². The SMILES string of the molecule is Clc1cc(Cl)c(N2CCN(Cc3ccccc3)CC2)nc1Cl. The highest BCUT2D eigenvalue weighted by Crippen LogP contribution is 2.31. The summed E-state index contributed by atoms with van der Waals surface area (Å²) < 4.78 is 0. The van der Waals surface area contributed by atoms with E-state index in [1.165, 1.54) is 5.56 Å². The van der Waals surface area contributed by atoms with Crippen LogP contribution in [0.3, 0.4) is 0 Å². The van der Waals surface area contributed by atoms with Crippen molar-refractivity contribution in [3.8, 4) is 0 Å². The van der Waals surface area contributed by atoms with Gasteiger partial charge in [-0.05, 0) is 11.6 Å². The zero-order valence-corrected chi connectivity index (χ0v) is 14.2. The van der Waals surface area contributed by atoms with Gasteiger partial charge in [0, 0.05) is 32.7 Å². The average Bonchev–Trinajstić information content (AvgIpc) is 2.53. The van der Waals surface area contributed by atoms with E-state index in [0.717, 1.165) is 38.5 Å². The minimum atomic E-state index is 0.299. The summed E-state index contributed by atoms with van der Waals surface area (Å²) in [6, 6.07) is 12.2. The van der Waals surface area contributed by atoms with Gasteiger partial charge in [-0.1, -0.05) is 65.1 Å². The lowest BCUT2D eigenvalue weighted by Gasteiger charge is -2.35. The van der Waals surface area contributed by atoms with Crippen LogP contribution < -0.4 is 4.90 Å². The molecule has 1 fully saturated rings. The molecule has 3 nitrogen and oxygen atoms in total. The average molecular weight is 357 g/mol. The van der Waals surface area contributed by atoms with Crippen LogP contribution in [0.4, 0.5) is 5.82 Å². The number of hydrogen-bond acceptors (Lipinski definition) is 3. The lowest BCUT2D eigenvalue weighted by atomic mass is 10.2. The molecule has 0 radical (unpaired) electrons. The molecule has 0 bridgehead atoms. The lowest BCUT2D eigenvalue weighted by Crippen LogP contribution is -2.46. The molecule has 0 N–H and O–H groups in total. The molecule has 6 heteroatoms. The first-order valence-corrected chi connectivity index (χ1v) is 8.29. The molecule has 116 valence electrons. The molecule has 2 heterocycles. The maximum Gasteiger partial charge on any atom is 0.150 e. The fraction of sp³-hybridized carbons (Fsp3) is 0.312. The highest BCUT2D eigenvalue weighted by molar-refractivity contribution is 6.42. The van der Waals surface area contributed by atoms with Crippen molar-refractivity contribution in [3.05, 3.63) is 57.2 Å². The van der Waals surface area contributed by atoms with E-state index in [1.54, 1.807) is 6.07 Å². The first-order valence-electron chi connectivity index (χ1n) is 7.16. The van der Waals surface area contributed by atoms with E-state index < -0.39 is 0 Å². The fourth-order valence-electron chi connectivity index (χ4n) is 2.62. The maximum atomic E-state index is 6.24. The Bertz CT molecular complexity index is 641. The third-order valence-corrected chi connectivity index (χ3v) is 4.74. The van der Waals surface area contributed by atoms with Gasteiger partial charge in [0.1, 0.15) is 11.0 Å². The molecule has 0 spiro atoms. The molecule has 1 aromatic heterocycles. The zero-order chi connectivity index (χ0) is 15.5. The Labute approximate surface area is 145 Å². The minimum absolute atomic E-state index is 0.299. The molecular weight excluding hydrogens is 341 g/mol. The van der Waals surface area contributed by atoms with Crippen LogP contribution in [0.1, 0.15) is 5.56 Å². The summed E-state index contributed by atoms with van der Waals surface area (Å²) in [7, 11) is 0. The van der Waals surface area contributed by atoms with Crippen LogP contribution in [0.5, 0.6) is 0 Å². The predicted octanol–water partition coefficient (Wildman–Crippen LogP) is 4.36. The Kier molecular flexibility index (Phi) is 5.09. The molecule has 1 saturated heterocycles. The number of halogens is 3. The lowest BCUT2D eigenvalue weighted by molar-refractivity contribution is 0.249. The number of piperazine rings is 1. The van der Waals surface area contributed by atoms with Crippen LogP contribution in [-0.4, -0.2) is 36.1 Å². The Balaban J connectivity index is 1.63. The highest BCUT2D eigenvalue weighted by atomic mass is 35.5. The van der Waals surface area contributed by atoms with Crippen molar-refractivity contribution in [2.75, 3.05) is 31.1 Å². The molecule has 0 aliphatic carbocycles. The number of benzene rings is 1. The molecular formula is C16H16Cl3N3. The topological polar surface area (TPSA) is 19.4 Å². The van der Waals surface area contributed by atoms with Gasteiger partial charge < -0.3 is 4.90 Å². The van der Waals surface area contributed by atoms with Crippen molar-refractivity contribution in [2.24, 2.45) is 0 Å². The minimum Gasteiger partial charge on any atom is -0.353 e. The number of rotatable bonds is 3. The quantitative estimate of drug-likeness (QED) is 0.762. The first kappa shape index (κ1) is 15.9. The second-order valence-corrected chi connectivity index (χ2v) is 6.49. The van der Waals surface area contributed by atoms with Crippen molar-refractivity contribution < 1.29 is 0 Å². The predicted molar refractivity (Wildman–Crippen MR) is 93.2 cm³/mol. The van der Waals surface area contributed by atoms with Crippen LogP contribution in [0.15, 0.2) is 36.4 Å². The highest BCUT2D eigenvalue weighted by Gasteiger charge is 2.21. The van der Waals surface area contributed by atoms with Gasteiger partial charge in [-0.2, -0.15) is 0 Å². The third-order valence-electron chi connectivity index (χ3n) is 3.79. The maximum absolute atomic E-state index is 6.24. The van der Waals surface area contributed by atoms with E-state index in [-0.39, 0.29) is 0 Å². The Morgan fingerprint density at radius 3 is 2.27 bits per heavy atom. The fourth-order valence-corrected chi connectivity index (χ4v) is 3.23. The first-order chi connectivity index (χ1) is 10.6. The van der Waals surface area contributed by atoms with Crippen molar-refractivity contribution >= 4 is 40.6 Å². The standard InChI is InChI=1S/C16H16Cl3N3/c17-13-10-14(18)16(20-15(13)19)22-8-6-21(7-9-22)11-12-4-2-1-3-5-12/h1-5,10H,6-9,11H2. The summed E-state index contributed by atoms with van der Waals surface area (Å²) in [6.45, 7) is 4.65. The van der Waals surface area contributed by atoms with Gasteiger partial charge in [-0.15, -0.1) is 0 Å². The number of hydrogen-bond donors (Lipinski definition) is 0. The number of pyridine rings is 1. The number of nitrogens with zero attached hydrogens (tertiary/aromatic N) is 3. The summed E-state index contributed by atoms with van der Waals surface area (Å²) in [4.78, 5) is 8.90. The molecule has 0 saturated carbocycles. The molecule has 0 atom stereocenters. The van der Waals surface area contributed by atoms with Crippen molar-refractivity contribution in [1.82, 2.24) is 9.88 Å². The van der Waals surface area contributed by atoms with Crippen LogP contribution in [0, 0.1) is 0 Å². The van der Waals surface area contributed by atoms with Gasteiger partial charge in [0.2, 0.25) is 0 Å². The molecule has 1 aromatic carbocycles. The van der Waals surface area contributed by atoms with E-state index in [1.807, 2.05) is 6.07 Å². The summed E-state index contributed by atoms with van der Waals surface area (Å²) >= 11 is 18.2. The van der Waals surface area contributed by atoms with Gasteiger partial charge in [0.15, 0.2) is 0 Å². The number of aromatic nitrogens is 1. The van der Waals surface area contributed by atoms with E-state index in [4.69, 9.17) is 34.8 Å². The molecule has 2 aromatic rings. The summed E-state index contributed by atoms with van der Waals surface area (Å²) in [5.74, 6) is 0.718. The van der Waals surface area contributed by atoms with Crippen LogP contribution >= 0.6 is 34.8 Å². The van der Waals surface area contributed by atoms with Gasteiger partial charge >= 0.3 is 0 Å². The smallest absolute Gasteiger partial charge is 0.150 e. The summed E-state index contributed by atoms with van der Waals surface area (Å²) in [5, 5.41) is 1.23. The second kappa shape index (κ2) is 7.05. The molecule has 1 aliphatic heterocycles. The van der Waals surface area contributed by atoms with E-state index in [9.17, 15) is 0 Å². The van der Waals surface area contributed by atoms with Gasteiger partial charge in [-0.25, -0.2) is 4.98 Å². The van der Waals surface area contributed by atoms with E-state index in [0.29, 0.717) is 15.2 Å². The van der Waals surface area contributed by atoms with E-state index in [2.05, 4.69) is 39.0 Å². The number of anilines is 1. The van der Waals surface area contributed by atoms with Gasteiger partial charge in [0.25, 0.3) is 0 Å². The normalized spacial score (nSPS) is 16.0.